The summed E-state index contributed by atoms with van der Waals surface area (Å²) in [5.74, 6) is -1.12. The van der Waals surface area contributed by atoms with Crippen LogP contribution < -0.4 is 0 Å². The van der Waals surface area contributed by atoms with Gasteiger partial charge < -0.3 is 39.4 Å². The zero-order valence-electron chi connectivity index (χ0n) is 34.5. The second-order valence-electron chi connectivity index (χ2n) is 17.4. The number of benzene rings is 6. The van der Waals surface area contributed by atoms with E-state index in [-0.39, 0.29) is 23.6 Å². The number of hydrogen-bond acceptors (Lipinski definition) is 10. The number of phenolic OH excluding ortho intramolecular Hbond substituents is 2. The molecule has 0 bridgehead atoms. The maximum Gasteiger partial charge on any atom is 0.163 e. The Labute approximate surface area is 351 Å². The van der Waals surface area contributed by atoms with Crippen molar-refractivity contribution in [2.45, 2.75) is 101 Å². The second kappa shape index (κ2) is 16.2. The Morgan fingerprint density at radius 1 is 0.467 bits per heavy atom. The van der Waals surface area contributed by atoms with Crippen LogP contribution in [0.1, 0.15) is 62.0 Å². The molecule has 4 aliphatic rings. The number of nitrogens with zero attached hydrogens (tertiary/aromatic N) is 2. The fraction of sp³-hybridized carbons (Fsp3) is 0.360. The van der Waals surface area contributed by atoms with Crippen LogP contribution in [0.25, 0.3) is 21.5 Å². The molecule has 0 aromatic heterocycles. The summed E-state index contributed by atoms with van der Waals surface area (Å²) in [5.41, 5.74) is 3.94. The van der Waals surface area contributed by atoms with Gasteiger partial charge in [-0.15, -0.1) is 0 Å². The molecule has 0 radical (unpaired) electrons. The van der Waals surface area contributed by atoms with Gasteiger partial charge in [0.1, 0.15) is 35.9 Å². The van der Waals surface area contributed by atoms with Crippen molar-refractivity contribution in [2.75, 3.05) is 13.1 Å². The molecule has 60 heavy (non-hydrogen) atoms. The number of β-amino-alcohol motifs (C(OH)–C–C–N with tert-alkyl or cyclic N) is 2. The van der Waals surface area contributed by atoms with Crippen LogP contribution in [0.15, 0.2) is 133 Å². The number of likely N-dealkylation sites (tertiary alicyclic amines) is 2. The van der Waals surface area contributed by atoms with Gasteiger partial charge in [0.2, 0.25) is 0 Å². The molecule has 4 fully saturated rings. The van der Waals surface area contributed by atoms with E-state index in [1.807, 2.05) is 125 Å². The molecule has 0 amide bonds. The van der Waals surface area contributed by atoms with Crippen LogP contribution in [0.5, 0.6) is 11.5 Å². The van der Waals surface area contributed by atoms with Crippen LogP contribution in [0.2, 0.25) is 0 Å². The third kappa shape index (κ3) is 7.90. The predicted molar refractivity (Wildman–Crippen MR) is 230 cm³/mol. The first-order chi connectivity index (χ1) is 28.9. The zero-order chi connectivity index (χ0) is 41.8. The monoisotopic (exact) mass is 810 g/mol. The van der Waals surface area contributed by atoms with Crippen LogP contribution in [-0.4, -0.2) is 91.5 Å². The van der Waals surface area contributed by atoms with E-state index in [1.54, 1.807) is 12.1 Å². The fourth-order valence-electron chi connectivity index (χ4n) is 9.89. The van der Waals surface area contributed by atoms with Gasteiger partial charge in [0.05, 0.1) is 24.3 Å². The SMILES string of the molecule is CC1(C)O[C@@H]2[C@H](O1)[C@H](O)CN(Cc1ccccc1)[C@H]2c1c(O)ccc2ccccc12.CC1(C)O[C@@H]2[C@H](O1)[C@H](O)CN(Cc1ccccc1)[C@H]2c1c(O)ccc2ccccc12. The lowest BCUT2D eigenvalue weighted by Crippen LogP contribution is -2.55. The van der Waals surface area contributed by atoms with Crippen LogP contribution in [0.3, 0.4) is 0 Å². The molecule has 6 aromatic rings. The topological polar surface area (TPSA) is 124 Å². The number of rotatable bonds is 6. The lowest BCUT2D eigenvalue weighted by atomic mass is 9.85. The molecule has 4 N–H and O–H groups in total. The molecule has 6 aromatic carbocycles. The minimum Gasteiger partial charge on any atom is -0.508 e. The molecule has 312 valence electrons. The highest BCUT2D eigenvalue weighted by molar-refractivity contribution is 5.89. The molecule has 0 aliphatic carbocycles. The highest BCUT2D eigenvalue weighted by Gasteiger charge is 2.56. The van der Waals surface area contributed by atoms with Crippen molar-refractivity contribution in [1.29, 1.82) is 0 Å². The Morgan fingerprint density at radius 3 is 1.22 bits per heavy atom. The van der Waals surface area contributed by atoms with Gasteiger partial charge in [-0.1, -0.05) is 121 Å². The van der Waals surface area contributed by atoms with E-state index in [4.69, 9.17) is 18.9 Å². The van der Waals surface area contributed by atoms with Gasteiger partial charge in [-0.3, -0.25) is 9.80 Å². The van der Waals surface area contributed by atoms with Crippen LogP contribution >= 0.6 is 0 Å². The van der Waals surface area contributed by atoms with E-state index in [1.165, 1.54) is 0 Å². The van der Waals surface area contributed by atoms with Crippen LogP contribution in [0.4, 0.5) is 0 Å². The Balaban J connectivity index is 0.000000154. The normalized spacial score (nSPS) is 28.5. The molecule has 0 saturated carbocycles. The maximum absolute atomic E-state index is 11.0. The molecule has 10 nitrogen and oxygen atoms in total. The van der Waals surface area contributed by atoms with Gasteiger partial charge in [-0.25, -0.2) is 0 Å². The first-order valence-corrected chi connectivity index (χ1v) is 20.9. The van der Waals surface area contributed by atoms with E-state index in [2.05, 4.69) is 34.1 Å². The second-order valence-corrected chi connectivity index (χ2v) is 17.4. The molecule has 10 rings (SSSR count). The predicted octanol–water partition coefficient (Wildman–Crippen LogP) is 7.97. The van der Waals surface area contributed by atoms with Crippen molar-refractivity contribution in [1.82, 2.24) is 9.80 Å². The average Bonchev–Trinajstić information content (AvgIpc) is 3.75. The standard InChI is InChI=1S/2C25H27NO4/c2*1-25(2)29-23-20(28)15-26(14-16-8-4-3-5-9-16)22(24(23)30-25)21-18-11-7-6-10-17(18)12-13-19(21)27/h2*3-13,20,22-24,27-28H,14-15H2,1-2H3/t2*20-,22+,23-,24+/m11/s1. The first-order valence-electron chi connectivity index (χ1n) is 20.9. The van der Waals surface area contributed by atoms with Crippen molar-refractivity contribution in [3.05, 3.63) is 156 Å². The molecule has 4 saturated heterocycles. The quantitative estimate of drug-likeness (QED) is 0.132. The summed E-state index contributed by atoms with van der Waals surface area (Å²) in [7, 11) is 0. The molecular weight excluding hydrogens is 757 g/mol. The zero-order valence-corrected chi connectivity index (χ0v) is 34.5. The molecular formula is C50H54N2O8. The van der Waals surface area contributed by atoms with Crippen LogP contribution in [-0.2, 0) is 32.0 Å². The van der Waals surface area contributed by atoms with E-state index >= 15 is 0 Å². The number of ether oxygens (including phenoxy) is 4. The smallest absolute Gasteiger partial charge is 0.163 e. The summed E-state index contributed by atoms with van der Waals surface area (Å²) < 4.78 is 24.8. The number of piperidine rings is 2. The average molecular weight is 811 g/mol. The first kappa shape index (κ1) is 40.5. The Kier molecular flexibility index (Phi) is 10.9. The fourth-order valence-corrected chi connectivity index (χ4v) is 9.89. The Morgan fingerprint density at radius 2 is 0.817 bits per heavy atom. The van der Waals surface area contributed by atoms with Crippen molar-refractivity contribution in [2.24, 2.45) is 0 Å². The number of hydrogen-bond donors (Lipinski definition) is 4. The summed E-state index contributed by atoms with van der Waals surface area (Å²) in [4.78, 5) is 4.40. The van der Waals surface area contributed by atoms with Gasteiger partial charge in [0.15, 0.2) is 11.6 Å². The van der Waals surface area contributed by atoms with E-state index in [0.717, 1.165) is 43.8 Å². The van der Waals surface area contributed by atoms with Crippen molar-refractivity contribution >= 4 is 21.5 Å². The number of phenols is 2. The van der Waals surface area contributed by atoms with Crippen molar-refractivity contribution in [3.63, 3.8) is 0 Å². The van der Waals surface area contributed by atoms with E-state index < -0.39 is 48.2 Å². The molecule has 4 aliphatic heterocycles. The largest absolute Gasteiger partial charge is 0.508 e. The molecule has 4 heterocycles. The van der Waals surface area contributed by atoms with Gasteiger partial charge in [0.25, 0.3) is 0 Å². The Hall–Kier alpha value is -4.88. The number of fused-ring (bicyclic) bond motifs is 4. The van der Waals surface area contributed by atoms with Gasteiger partial charge in [-0.05, 0) is 72.5 Å². The third-order valence-corrected chi connectivity index (χ3v) is 12.3. The molecule has 0 unspecified atom stereocenters. The summed E-state index contributed by atoms with van der Waals surface area (Å²) in [6.45, 7) is 9.64. The minimum absolute atomic E-state index is 0.236. The lowest BCUT2D eigenvalue weighted by molar-refractivity contribution is -0.153. The van der Waals surface area contributed by atoms with E-state index in [0.29, 0.717) is 26.2 Å². The molecule has 0 spiro atoms. The summed E-state index contributed by atoms with van der Waals surface area (Å²) in [5, 5.41) is 47.8. The Bertz CT molecular complexity index is 2270. The minimum atomic E-state index is -0.794. The third-order valence-electron chi connectivity index (χ3n) is 12.3. The van der Waals surface area contributed by atoms with Gasteiger partial charge in [0, 0.05) is 37.3 Å². The van der Waals surface area contributed by atoms with Crippen molar-refractivity contribution < 1.29 is 39.4 Å². The summed E-state index contributed by atoms with van der Waals surface area (Å²) >= 11 is 0. The molecule has 8 atom stereocenters. The number of aliphatic hydroxyl groups excluding tert-OH is 2. The summed E-state index contributed by atoms with van der Waals surface area (Å²) in [6.07, 6.45) is -3.04. The maximum atomic E-state index is 11.0. The van der Waals surface area contributed by atoms with E-state index in [9.17, 15) is 20.4 Å². The lowest BCUT2D eigenvalue weighted by Gasteiger charge is -2.44. The van der Waals surface area contributed by atoms with Gasteiger partial charge in [-0.2, -0.15) is 0 Å². The van der Waals surface area contributed by atoms with Gasteiger partial charge >= 0.3 is 0 Å². The highest BCUT2D eigenvalue weighted by Crippen LogP contribution is 2.49. The number of aliphatic hydroxyl groups is 2. The number of aromatic hydroxyl groups is 2. The highest BCUT2D eigenvalue weighted by atomic mass is 16.8. The summed E-state index contributed by atoms with van der Waals surface area (Å²) in [6, 6.07) is 43.3. The molecule has 10 heteroatoms. The van der Waals surface area contributed by atoms with Crippen LogP contribution in [0, 0.1) is 0 Å². The van der Waals surface area contributed by atoms with Crippen molar-refractivity contribution in [3.8, 4) is 11.5 Å².